The van der Waals surface area contributed by atoms with E-state index in [1.807, 2.05) is 36.4 Å². The number of rotatable bonds is 6. The molecule has 130 valence electrons. The Morgan fingerprint density at radius 2 is 1.92 bits per heavy atom. The van der Waals surface area contributed by atoms with Crippen LogP contribution in [-0.2, 0) is 17.8 Å². The summed E-state index contributed by atoms with van der Waals surface area (Å²) in [5, 5.41) is 9.19. The number of guanidine groups is 1. The fraction of sp³-hybridized carbons (Fsp3) is 0.294. The molecule has 1 aromatic heterocycles. The average Bonchev–Trinajstić information content (AvgIpc) is 3.05. The zero-order chi connectivity index (χ0) is 16.5. The van der Waals surface area contributed by atoms with Crippen LogP contribution in [-0.4, -0.2) is 25.5 Å². The van der Waals surface area contributed by atoms with Gasteiger partial charge in [-0.05, 0) is 36.2 Å². The van der Waals surface area contributed by atoms with Crippen molar-refractivity contribution in [2.24, 2.45) is 4.99 Å². The highest BCUT2D eigenvalue weighted by molar-refractivity contribution is 14.0. The first-order valence-corrected chi connectivity index (χ1v) is 7.51. The molecule has 7 heteroatoms. The van der Waals surface area contributed by atoms with E-state index in [1.165, 1.54) is 12.5 Å². The summed E-state index contributed by atoms with van der Waals surface area (Å²) in [6, 6.07) is 11.6. The van der Waals surface area contributed by atoms with E-state index in [-0.39, 0.29) is 29.9 Å². The van der Waals surface area contributed by atoms with Gasteiger partial charge in [0.1, 0.15) is 5.76 Å². The van der Waals surface area contributed by atoms with Gasteiger partial charge in [0.2, 0.25) is 5.91 Å². The Bertz CT molecular complexity index is 639. The fourth-order valence-electron chi connectivity index (χ4n) is 2.09. The second-order valence-corrected chi connectivity index (χ2v) is 5.06. The van der Waals surface area contributed by atoms with Crippen LogP contribution in [0, 0.1) is 0 Å². The zero-order valence-electron chi connectivity index (χ0n) is 13.8. The van der Waals surface area contributed by atoms with Crippen LogP contribution < -0.4 is 16.0 Å². The van der Waals surface area contributed by atoms with Crippen LogP contribution >= 0.6 is 24.0 Å². The van der Waals surface area contributed by atoms with Gasteiger partial charge in [0, 0.05) is 26.2 Å². The summed E-state index contributed by atoms with van der Waals surface area (Å²) in [5.74, 6) is 1.53. The maximum Gasteiger partial charge on any atom is 0.221 e. The van der Waals surface area contributed by atoms with Crippen LogP contribution in [0.5, 0.6) is 0 Å². The van der Waals surface area contributed by atoms with Gasteiger partial charge in [-0.25, -0.2) is 0 Å². The molecule has 0 aliphatic heterocycles. The highest BCUT2D eigenvalue weighted by atomic mass is 127. The van der Waals surface area contributed by atoms with E-state index in [2.05, 4.69) is 20.9 Å². The quantitative estimate of drug-likeness (QED) is 0.365. The number of benzene rings is 1. The molecule has 0 spiro atoms. The molecule has 24 heavy (non-hydrogen) atoms. The van der Waals surface area contributed by atoms with E-state index >= 15 is 0 Å². The minimum Gasteiger partial charge on any atom is -0.467 e. The van der Waals surface area contributed by atoms with Gasteiger partial charge >= 0.3 is 0 Å². The number of carbonyl (C=O) groups is 1. The van der Waals surface area contributed by atoms with Crippen molar-refractivity contribution in [3.63, 3.8) is 0 Å². The van der Waals surface area contributed by atoms with Crippen molar-refractivity contribution in [1.29, 1.82) is 0 Å². The van der Waals surface area contributed by atoms with Crippen molar-refractivity contribution in [3.05, 3.63) is 54.0 Å². The summed E-state index contributed by atoms with van der Waals surface area (Å²) in [4.78, 5) is 15.1. The molecular formula is C17H23IN4O2. The first-order chi connectivity index (χ1) is 11.2. The first kappa shape index (κ1) is 20.0. The third kappa shape index (κ3) is 7.03. The number of furan rings is 1. The Hall–Kier alpha value is -2.03. The van der Waals surface area contributed by atoms with E-state index in [4.69, 9.17) is 4.42 Å². The van der Waals surface area contributed by atoms with Crippen LogP contribution in [0.2, 0.25) is 0 Å². The van der Waals surface area contributed by atoms with Gasteiger partial charge in [-0.2, -0.15) is 0 Å². The monoisotopic (exact) mass is 442 g/mol. The lowest BCUT2D eigenvalue weighted by Crippen LogP contribution is -2.37. The Labute approximate surface area is 159 Å². The second kappa shape index (κ2) is 10.7. The largest absolute Gasteiger partial charge is 0.467 e. The average molecular weight is 442 g/mol. The van der Waals surface area contributed by atoms with Gasteiger partial charge in [-0.3, -0.25) is 9.79 Å². The number of halogens is 1. The predicted octanol–water partition coefficient (Wildman–Crippen LogP) is 2.76. The third-order valence-electron chi connectivity index (χ3n) is 3.21. The Morgan fingerprint density at radius 1 is 1.17 bits per heavy atom. The molecule has 0 saturated heterocycles. The highest BCUT2D eigenvalue weighted by Gasteiger charge is 2.01. The highest BCUT2D eigenvalue weighted by Crippen LogP contribution is 2.09. The maximum atomic E-state index is 11.0. The fourth-order valence-corrected chi connectivity index (χ4v) is 2.09. The molecule has 0 fully saturated rings. The molecule has 1 aromatic carbocycles. The summed E-state index contributed by atoms with van der Waals surface area (Å²) < 4.78 is 5.27. The standard InChI is InChI=1S/C17H22N4O2.HI/c1-13(22)21-15-7-5-14(6-8-15)9-10-19-17(18-2)20-12-16-4-3-11-23-16;/h3-8,11H,9-10,12H2,1-2H3,(H,21,22)(H2,18,19,20);1H. The molecule has 1 amide bonds. The summed E-state index contributed by atoms with van der Waals surface area (Å²) >= 11 is 0. The van der Waals surface area contributed by atoms with Crippen molar-refractivity contribution >= 4 is 41.5 Å². The van der Waals surface area contributed by atoms with E-state index < -0.39 is 0 Å². The lowest BCUT2D eigenvalue weighted by molar-refractivity contribution is -0.114. The van der Waals surface area contributed by atoms with E-state index in [9.17, 15) is 4.79 Å². The van der Waals surface area contributed by atoms with Crippen LogP contribution in [0.4, 0.5) is 5.69 Å². The van der Waals surface area contributed by atoms with Gasteiger partial charge < -0.3 is 20.4 Å². The van der Waals surface area contributed by atoms with Gasteiger partial charge in [-0.1, -0.05) is 12.1 Å². The second-order valence-electron chi connectivity index (χ2n) is 5.06. The molecule has 6 nitrogen and oxygen atoms in total. The summed E-state index contributed by atoms with van der Waals surface area (Å²) in [6.45, 7) is 2.86. The van der Waals surface area contributed by atoms with Crippen LogP contribution in [0.3, 0.4) is 0 Å². The minimum atomic E-state index is -0.0640. The van der Waals surface area contributed by atoms with Crippen molar-refractivity contribution < 1.29 is 9.21 Å². The molecule has 0 aliphatic rings. The molecule has 0 unspecified atom stereocenters. The number of carbonyl (C=O) groups excluding carboxylic acids is 1. The van der Waals surface area contributed by atoms with Crippen LogP contribution in [0.25, 0.3) is 0 Å². The topological polar surface area (TPSA) is 78.7 Å². The number of amides is 1. The van der Waals surface area contributed by atoms with Gasteiger partial charge in [0.25, 0.3) is 0 Å². The summed E-state index contributed by atoms with van der Waals surface area (Å²) in [7, 11) is 1.74. The molecule has 3 N–H and O–H groups in total. The Balaban J connectivity index is 0.00000288. The van der Waals surface area contributed by atoms with Crippen molar-refractivity contribution in [1.82, 2.24) is 10.6 Å². The first-order valence-electron chi connectivity index (χ1n) is 7.51. The van der Waals surface area contributed by atoms with Crippen LogP contribution in [0.1, 0.15) is 18.2 Å². The van der Waals surface area contributed by atoms with Crippen LogP contribution in [0.15, 0.2) is 52.1 Å². The Morgan fingerprint density at radius 3 is 2.50 bits per heavy atom. The lowest BCUT2D eigenvalue weighted by atomic mass is 10.1. The number of anilines is 1. The SMILES string of the molecule is CN=C(NCCc1ccc(NC(C)=O)cc1)NCc1ccco1.I. The van der Waals surface area contributed by atoms with E-state index in [0.717, 1.165) is 30.4 Å². The molecule has 0 bridgehead atoms. The molecule has 0 aliphatic carbocycles. The number of aliphatic imine (C=N–C) groups is 1. The number of nitrogens with one attached hydrogen (secondary N) is 3. The smallest absolute Gasteiger partial charge is 0.221 e. The Kier molecular flexibility index (Phi) is 8.92. The van der Waals surface area contributed by atoms with E-state index in [0.29, 0.717) is 6.54 Å². The number of hydrogen-bond acceptors (Lipinski definition) is 3. The zero-order valence-corrected chi connectivity index (χ0v) is 16.2. The van der Waals surface area contributed by atoms with Crippen molar-refractivity contribution in [2.75, 3.05) is 18.9 Å². The normalized spacial score (nSPS) is 10.7. The molecule has 2 rings (SSSR count). The van der Waals surface area contributed by atoms with Crippen molar-refractivity contribution in [2.45, 2.75) is 19.9 Å². The maximum absolute atomic E-state index is 11.0. The predicted molar refractivity (Wildman–Crippen MR) is 107 cm³/mol. The van der Waals surface area contributed by atoms with Gasteiger partial charge in [-0.15, -0.1) is 24.0 Å². The van der Waals surface area contributed by atoms with Crippen molar-refractivity contribution in [3.8, 4) is 0 Å². The van der Waals surface area contributed by atoms with E-state index in [1.54, 1.807) is 13.3 Å². The van der Waals surface area contributed by atoms with Gasteiger partial charge in [0.15, 0.2) is 5.96 Å². The third-order valence-corrected chi connectivity index (χ3v) is 3.21. The lowest BCUT2D eigenvalue weighted by Gasteiger charge is -2.11. The molecule has 1 heterocycles. The molecule has 0 radical (unpaired) electrons. The summed E-state index contributed by atoms with van der Waals surface area (Å²) in [6.07, 6.45) is 2.51. The molecular weight excluding hydrogens is 419 g/mol. The molecule has 0 saturated carbocycles. The van der Waals surface area contributed by atoms with Gasteiger partial charge in [0.05, 0.1) is 12.8 Å². The molecule has 0 atom stereocenters. The number of nitrogens with zero attached hydrogens (tertiary/aromatic N) is 1. The molecule has 2 aromatic rings. The summed E-state index contributed by atoms with van der Waals surface area (Å²) in [5.41, 5.74) is 2.00. The minimum absolute atomic E-state index is 0. The number of hydrogen-bond donors (Lipinski definition) is 3.